The van der Waals surface area contributed by atoms with Crippen LogP contribution in [0.25, 0.3) is 0 Å². The Labute approximate surface area is 115 Å². The molecule has 0 radical (unpaired) electrons. The van der Waals surface area contributed by atoms with Crippen LogP contribution in [0.4, 0.5) is 13.2 Å². The SMILES string of the molecule is C=C(C(=CC=CC)C(CCCCl)C(=O)O)C(F)(F)F. The molecule has 2 nitrogen and oxygen atoms in total. The second kappa shape index (κ2) is 8.04. The molecular formula is C13H16ClF3O2. The molecule has 0 aliphatic rings. The molecule has 1 N–H and O–H groups in total. The minimum atomic E-state index is -4.65. The van der Waals surface area contributed by atoms with Gasteiger partial charge in [0.15, 0.2) is 0 Å². The molecule has 108 valence electrons. The quantitative estimate of drug-likeness (QED) is 0.561. The van der Waals surface area contributed by atoms with Crippen molar-refractivity contribution in [3.63, 3.8) is 0 Å². The summed E-state index contributed by atoms with van der Waals surface area (Å²) in [5.41, 5.74) is -1.46. The fourth-order valence-electron chi connectivity index (χ4n) is 1.48. The highest BCUT2D eigenvalue weighted by molar-refractivity contribution is 6.17. The lowest BCUT2D eigenvalue weighted by Gasteiger charge is -2.20. The molecule has 0 aliphatic heterocycles. The van der Waals surface area contributed by atoms with Crippen LogP contribution in [-0.2, 0) is 4.79 Å². The van der Waals surface area contributed by atoms with Gasteiger partial charge in [-0.05, 0) is 25.3 Å². The van der Waals surface area contributed by atoms with Crippen LogP contribution in [0.3, 0.4) is 0 Å². The summed E-state index contributed by atoms with van der Waals surface area (Å²) in [5.74, 6) is -2.38. The van der Waals surface area contributed by atoms with E-state index in [0.29, 0.717) is 6.42 Å². The first-order valence-corrected chi connectivity index (χ1v) is 6.17. The number of rotatable bonds is 7. The summed E-state index contributed by atoms with van der Waals surface area (Å²) in [6.07, 6.45) is -0.272. The normalized spacial score (nSPS) is 14.7. The predicted octanol–water partition coefficient (Wildman–Crippen LogP) is 4.33. The van der Waals surface area contributed by atoms with Gasteiger partial charge in [-0.1, -0.05) is 24.8 Å². The molecule has 19 heavy (non-hydrogen) atoms. The van der Waals surface area contributed by atoms with Crippen molar-refractivity contribution in [1.29, 1.82) is 0 Å². The van der Waals surface area contributed by atoms with Crippen molar-refractivity contribution in [2.75, 3.05) is 5.88 Å². The summed E-state index contributed by atoms with van der Waals surface area (Å²) in [7, 11) is 0. The van der Waals surface area contributed by atoms with Crippen LogP contribution in [0.1, 0.15) is 19.8 Å². The van der Waals surface area contributed by atoms with Crippen molar-refractivity contribution < 1.29 is 23.1 Å². The summed E-state index contributed by atoms with van der Waals surface area (Å²) in [5, 5.41) is 9.07. The van der Waals surface area contributed by atoms with E-state index in [2.05, 4.69) is 6.58 Å². The van der Waals surface area contributed by atoms with Gasteiger partial charge >= 0.3 is 12.1 Å². The van der Waals surface area contributed by atoms with Crippen molar-refractivity contribution in [2.24, 2.45) is 5.92 Å². The van der Waals surface area contributed by atoms with Crippen LogP contribution in [0.2, 0.25) is 0 Å². The van der Waals surface area contributed by atoms with Crippen molar-refractivity contribution in [3.05, 3.63) is 36.0 Å². The molecule has 0 saturated carbocycles. The van der Waals surface area contributed by atoms with E-state index in [4.69, 9.17) is 16.7 Å². The zero-order valence-corrected chi connectivity index (χ0v) is 11.3. The lowest BCUT2D eigenvalue weighted by atomic mass is 9.88. The number of alkyl halides is 4. The molecule has 0 fully saturated rings. The second-order valence-corrected chi connectivity index (χ2v) is 4.22. The number of allylic oxidation sites excluding steroid dienone is 4. The maximum Gasteiger partial charge on any atom is 0.416 e. The van der Waals surface area contributed by atoms with Crippen LogP contribution in [0, 0.1) is 5.92 Å². The second-order valence-electron chi connectivity index (χ2n) is 3.85. The van der Waals surface area contributed by atoms with Crippen LogP contribution in [0.5, 0.6) is 0 Å². The molecule has 0 saturated heterocycles. The first-order chi connectivity index (χ1) is 8.75. The van der Waals surface area contributed by atoms with E-state index in [1.807, 2.05) is 0 Å². The molecule has 0 aromatic carbocycles. The van der Waals surface area contributed by atoms with E-state index in [9.17, 15) is 18.0 Å². The van der Waals surface area contributed by atoms with Crippen molar-refractivity contribution >= 4 is 17.6 Å². The fraction of sp³-hybridized carbons (Fsp3) is 0.462. The number of halogens is 4. The molecule has 0 heterocycles. The number of aliphatic carboxylic acids is 1. The molecular weight excluding hydrogens is 281 g/mol. The Bertz CT molecular complexity index is 384. The molecule has 0 bridgehead atoms. The van der Waals surface area contributed by atoms with Gasteiger partial charge in [0.25, 0.3) is 0 Å². The number of hydrogen-bond donors (Lipinski definition) is 1. The summed E-state index contributed by atoms with van der Waals surface area (Å²) < 4.78 is 38.1. The van der Waals surface area contributed by atoms with E-state index in [-0.39, 0.29) is 17.9 Å². The van der Waals surface area contributed by atoms with Crippen LogP contribution in [-0.4, -0.2) is 23.1 Å². The topological polar surface area (TPSA) is 37.3 Å². The number of hydrogen-bond acceptors (Lipinski definition) is 1. The standard InChI is InChI=1S/C13H16ClF3O2/c1-3-4-6-10(9(2)13(15,16)17)11(12(18)19)7-5-8-14/h3-4,6,11H,2,5,7-8H2,1H3,(H,18,19). The summed E-state index contributed by atoms with van der Waals surface area (Å²) >= 11 is 5.46. The van der Waals surface area contributed by atoms with Crippen molar-refractivity contribution in [2.45, 2.75) is 25.9 Å². The van der Waals surface area contributed by atoms with Gasteiger partial charge in [-0.3, -0.25) is 4.79 Å². The minimum Gasteiger partial charge on any atom is -0.481 e. The average Bonchev–Trinajstić information content (AvgIpc) is 2.31. The Hall–Kier alpha value is -1.23. The van der Waals surface area contributed by atoms with E-state index >= 15 is 0 Å². The van der Waals surface area contributed by atoms with Crippen molar-refractivity contribution in [3.8, 4) is 0 Å². The molecule has 1 unspecified atom stereocenters. The summed E-state index contributed by atoms with van der Waals surface area (Å²) in [4.78, 5) is 11.1. The molecule has 1 atom stereocenters. The molecule has 0 aromatic rings. The lowest BCUT2D eigenvalue weighted by molar-refractivity contribution is -0.140. The molecule has 0 aliphatic carbocycles. The lowest BCUT2D eigenvalue weighted by Crippen LogP contribution is -2.23. The zero-order valence-electron chi connectivity index (χ0n) is 10.5. The van der Waals surface area contributed by atoms with Crippen LogP contribution >= 0.6 is 11.6 Å². The first kappa shape index (κ1) is 17.8. The maximum atomic E-state index is 12.7. The van der Waals surface area contributed by atoms with E-state index < -0.39 is 23.6 Å². The van der Waals surface area contributed by atoms with Gasteiger partial charge in [0, 0.05) is 5.88 Å². The van der Waals surface area contributed by atoms with Gasteiger partial charge in [0.05, 0.1) is 11.5 Å². The Morgan fingerprint density at radius 1 is 1.47 bits per heavy atom. The molecule has 0 spiro atoms. The Morgan fingerprint density at radius 3 is 2.42 bits per heavy atom. The Kier molecular flexibility index (Phi) is 7.52. The highest BCUT2D eigenvalue weighted by Crippen LogP contribution is 2.35. The fourth-order valence-corrected chi connectivity index (χ4v) is 1.64. The minimum absolute atomic E-state index is 0.0390. The van der Waals surface area contributed by atoms with Crippen LogP contribution in [0.15, 0.2) is 36.0 Å². The highest BCUT2D eigenvalue weighted by Gasteiger charge is 2.38. The highest BCUT2D eigenvalue weighted by atomic mass is 35.5. The summed E-state index contributed by atoms with van der Waals surface area (Å²) in [6, 6.07) is 0. The molecule has 0 amide bonds. The van der Waals surface area contributed by atoms with Gasteiger partial charge in [-0.25, -0.2) is 0 Å². The van der Waals surface area contributed by atoms with Gasteiger partial charge in [0.1, 0.15) is 0 Å². The number of carboxylic acids is 1. The van der Waals surface area contributed by atoms with E-state index in [1.165, 1.54) is 12.2 Å². The third-order valence-corrected chi connectivity index (χ3v) is 2.73. The van der Waals surface area contributed by atoms with E-state index in [0.717, 1.165) is 6.08 Å². The third-order valence-electron chi connectivity index (χ3n) is 2.46. The van der Waals surface area contributed by atoms with Gasteiger partial charge < -0.3 is 5.11 Å². The first-order valence-electron chi connectivity index (χ1n) is 5.63. The smallest absolute Gasteiger partial charge is 0.416 e. The van der Waals surface area contributed by atoms with E-state index in [1.54, 1.807) is 6.92 Å². The van der Waals surface area contributed by atoms with Gasteiger partial charge in [0.2, 0.25) is 0 Å². The van der Waals surface area contributed by atoms with Gasteiger partial charge in [-0.15, -0.1) is 11.6 Å². The number of carbonyl (C=O) groups is 1. The van der Waals surface area contributed by atoms with Gasteiger partial charge in [-0.2, -0.15) is 13.2 Å². The monoisotopic (exact) mass is 296 g/mol. The Balaban J connectivity index is 5.43. The third kappa shape index (κ3) is 5.96. The summed E-state index contributed by atoms with van der Waals surface area (Å²) in [6.45, 7) is 4.59. The number of carboxylic acid groups (broad SMARTS) is 1. The Morgan fingerprint density at radius 2 is 2.05 bits per heavy atom. The molecule has 6 heteroatoms. The maximum absolute atomic E-state index is 12.7. The zero-order chi connectivity index (χ0) is 15.1. The predicted molar refractivity (Wildman–Crippen MR) is 69.2 cm³/mol. The molecule has 0 rings (SSSR count). The van der Waals surface area contributed by atoms with Crippen LogP contribution < -0.4 is 0 Å². The molecule has 0 aromatic heterocycles. The largest absolute Gasteiger partial charge is 0.481 e. The van der Waals surface area contributed by atoms with Crippen molar-refractivity contribution in [1.82, 2.24) is 0 Å². The average molecular weight is 297 g/mol.